The Balaban J connectivity index is 1.78. The molecule has 1 N–H and O–H groups in total. The number of aromatic nitrogens is 1. The largest absolute Gasteiger partial charge is 0.494 e. The highest BCUT2D eigenvalue weighted by Crippen LogP contribution is 2.40. The number of nitrogens with zero attached hydrogens (tertiary/aromatic N) is 2. The molecule has 4 nitrogen and oxygen atoms in total. The lowest BCUT2D eigenvalue weighted by molar-refractivity contribution is -0.112. The highest BCUT2D eigenvalue weighted by Gasteiger charge is 2.24. The minimum Gasteiger partial charge on any atom is -0.494 e. The summed E-state index contributed by atoms with van der Waals surface area (Å²) in [5.74, 6) is 0.497. The lowest BCUT2D eigenvalue weighted by Gasteiger charge is -2.17. The van der Waals surface area contributed by atoms with Gasteiger partial charge >= 0.3 is 0 Å². The number of hydrogen-bond acceptors (Lipinski definition) is 2. The van der Waals surface area contributed by atoms with Gasteiger partial charge in [0.25, 0.3) is 5.91 Å². The van der Waals surface area contributed by atoms with E-state index in [9.17, 15) is 9.90 Å². The van der Waals surface area contributed by atoms with Crippen molar-refractivity contribution in [3.05, 3.63) is 85.7 Å². The van der Waals surface area contributed by atoms with Gasteiger partial charge in [0.15, 0.2) is 5.88 Å². The zero-order chi connectivity index (χ0) is 25.4. The number of carbonyl (C=O) groups excluding carboxylic acids is 1. The number of unbranched alkanes of at least 4 members (excludes halogenated alkanes) is 1. The molecule has 184 valence electrons. The minimum atomic E-state index is -0.227. The number of hydrogen-bond donors (Lipinski definition) is 1. The van der Waals surface area contributed by atoms with E-state index in [1.807, 2.05) is 65.2 Å². The lowest BCUT2D eigenvalue weighted by Crippen LogP contribution is -2.24. The molecular weight excluding hydrogens is 580 g/mol. The number of fused-ring (bicyclic) bond motifs is 2. The molecule has 0 aliphatic carbocycles. The quantitative estimate of drug-likeness (QED) is 0.232. The van der Waals surface area contributed by atoms with Crippen molar-refractivity contribution in [3.63, 3.8) is 0 Å². The fourth-order valence-electron chi connectivity index (χ4n) is 5.10. The fraction of sp³-hybridized carbons (Fsp3) is 0.267. The maximum Gasteiger partial charge on any atom is 0.278 e. The van der Waals surface area contributed by atoms with Gasteiger partial charge in [0.05, 0.1) is 22.0 Å². The Morgan fingerprint density at radius 3 is 2.19 bits per heavy atom. The van der Waals surface area contributed by atoms with E-state index in [-0.39, 0.29) is 11.8 Å². The third-order valence-electron chi connectivity index (χ3n) is 7.11. The van der Waals surface area contributed by atoms with Gasteiger partial charge in [0, 0.05) is 26.1 Å². The normalized spacial score (nSPS) is 13.8. The van der Waals surface area contributed by atoms with Crippen LogP contribution < -0.4 is 10.6 Å². The predicted octanol–water partition coefficient (Wildman–Crippen LogP) is 7.11. The van der Waals surface area contributed by atoms with Gasteiger partial charge in [-0.1, -0.05) is 89.2 Å². The van der Waals surface area contributed by atoms with E-state index in [1.54, 1.807) is 0 Å². The van der Waals surface area contributed by atoms with Crippen molar-refractivity contribution < 1.29 is 9.90 Å². The monoisotopic (exact) mass is 606 g/mol. The Morgan fingerprint density at radius 2 is 1.58 bits per heavy atom. The van der Waals surface area contributed by atoms with Gasteiger partial charge in [-0.25, -0.2) is 4.99 Å². The van der Waals surface area contributed by atoms with Crippen LogP contribution in [0, 0.1) is 5.92 Å². The average Bonchev–Trinajstić information content (AvgIpc) is 3.33. The molecule has 2 heterocycles. The number of carbonyl (C=O) groups is 1. The summed E-state index contributed by atoms with van der Waals surface area (Å²) in [5.41, 5.74) is 4.09. The first-order chi connectivity index (χ1) is 17.4. The number of rotatable bonds is 8. The second kappa shape index (κ2) is 10.3. The molecule has 0 radical (unpaired) electrons. The predicted molar refractivity (Wildman–Crippen MR) is 152 cm³/mol. The summed E-state index contributed by atoms with van der Waals surface area (Å²) in [6, 6.07) is 19.7. The van der Waals surface area contributed by atoms with E-state index >= 15 is 0 Å². The second-order valence-corrected chi connectivity index (χ2v) is 11.2. The van der Waals surface area contributed by atoms with E-state index in [2.05, 4.69) is 50.7 Å². The zero-order valence-corrected chi connectivity index (χ0v) is 23.6. The number of benzene rings is 3. The molecule has 0 bridgehead atoms. The molecule has 0 spiro atoms. The van der Waals surface area contributed by atoms with Crippen LogP contribution in [-0.2, 0) is 11.3 Å². The van der Waals surface area contributed by atoms with E-state index < -0.39 is 0 Å². The van der Waals surface area contributed by atoms with Crippen LogP contribution in [0.2, 0.25) is 0 Å². The van der Waals surface area contributed by atoms with Crippen molar-refractivity contribution in [1.82, 2.24) is 4.57 Å². The van der Waals surface area contributed by atoms with Crippen molar-refractivity contribution in [2.45, 2.75) is 46.1 Å². The minimum absolute atomic E-state index is 0.227. The summed E-state index contributed by atoms with van der Waals surface area (Å²) in [6.07, 6.45) is 4.49. The molecule has 3 aromatic carbocycles. The summed E-state index contributed by atoms with van der Waals surface area (Å²) in [4.78, 5) is 17.4. The summed E-state index contributed by atoms with van der Waals surface area (Å²) >= 11 is 6.99. The van der Waals surface area contributed by atoms with Crippen LogP contribution in [0.5, 0.6) is 5.88 Å². The number of amides is 1. The number of halogens is 2. The molecule has 0 saturated heterocycles. The maximum atomic E-state index is 13.0. The highest BCUT2D eigenvalue weighted by atomic mass is 79.9. The van der Waals surface area contributed by atoms with Crippen molar-refractivity contribution >= 4 is 54.2 Å². The topological polar surface area (TPSA) is 54.6 Å². The summed E-state index contributed by atoms with van der Waals surface area (Å²) in [7, 11) is 0. The van der Waals surface area contributed by atoms with Crippen LogP contribution in [0.1, 0.15) is 45.1 Å². The van der Waals surface area contributed by atoms with Crippen molar-refractivity contribution in [2.75, 3.05) is 0 Å². The molecule has 1 unspecified atom stereocenters. The van der Waals surface area contributed by atoms with E-state index in [4.69, 9.17) is 0 Å². The van der Waals surface area contributed by atoms with E-state index in [1.165, 1.54) is 6.42 Å². The zero-order valence-electron chi connectivity index (χ0n) is 20.4. The first-order valence-electron chi connectivity index (χ1n) is 12.5. The lowest BCUT2D eigenvalue weighted by atomic mass is 9.99. The van der Waals surface area contributed by atoms with Gasteiger partial charge in [-0.05, 0) is 59.9 Å². The highest BCUT2D eigenvalue weighted by molar-refractivity contribution is 9.10. The van der Waals surface area contributed by atoms with Crippen LogP contribution >= 0.6 is 31.9 Å². The standard InChI is InChI=1S/C30H28Br2N2O2/c1-3-5-6-18(4-2)17-34-26-16-23-25(33-29(35)27(23)19-7-11-21(31)12-8-19)15-24(26)28(30(34)36)20-9-13-22(32)14-10-20/h7-16,18,36H,3-6,17H2,1-2H3. The van der Waals surface area contributed by atoms with Crippen molar-refractivity contribution in [3.8, 4) is 17.0 Å². The summed E-state index contributed by atoms with van der Waals surface area (Å²) in [5, 5.41) is 14.0. The van der Waals surface area contributed by atoms with Crippen LogP contribution in [0.3, 0.4) is 0 Å². The maximum absolute atomic E-state index is 13.0. The van der Waals surface area contributed by atoms with Gasteiger partial charge < -0.3 is 9.67 Å². The van der Waals surface area contributed by atoms with E-state index in [0.717, 1.165) is 67.6 Å². The molecule has 36 heavy (non-hydrogen) atoms. The Labute approximate surface area is 227 Å². The Bertz CT molecular complexity index is 1570. The third-order valence-corrected chi connectivity index (χ3v) is 8.17. The van der Waals surface area contributed by atoms with Gasteiger partial charge in [-0.2, -0.15) is 0 Å². The van der Waals surface area contributed by atoms with Gasteiger partial charge in [0.2, 0.25) is 0 Å². The molecule has 4 aromatic rings. The smallest absolute Gasteiger partial charge is 0.278 e. The second-order valence-electron chi connectivity index (χ2n) is 9.42. The summed E-state index contributed by atoms with van der Waals surface area (Å²) in [6.45, 7) is 5.16. The first kappa shape index (κ1) is 25.0. The first-order valence-corrected chi connectivity index (χ1v) is 14.0. The Hall–Kier alpha value is -2.70. The Morgan fingerprint density at radius 1 is 0.944 bits per heavy atom. The molecule has 0 fully saturated rings. The molecule has 6 heteroatoms. The van der Waals surface area contributed by atoms with E-state index in [0.29, 0.717) is 16.8 Å². The van der Waals surface area contributed by atoms with Gasteiger partial charge in [-0.3, -0.25) is 4.79 Å². The third kappa shape index (κ3) is 4.57. The Kier molecular flexibility index (Phi) is 7.18. The molecule has 1 aliphatic heterocycles. The van der Waals surface area contributed by atoms with Crippen LogP contribution in [0.15, 0.2) is 74.6 Å². The molecular formula is C30H28Br2N2O2. The van der Waals surface area contributed by atoms with Crippen LogP contribution in [0.25, 0.3) is 27.6 Å². The SMILES string of the molecule is CCCCC(CC)Cn1c(O)c(-c2ccc(Br)cc2)c2cc3c(cc21)=C(c1ccc(Br)cc1)C(=O)N=3. The molecule has 5 rings (SSSR count). The molecule has 1 aromatic heterocycles. The molecule has 1 aliphatic rings. The van der Waals surface area contributed by atoms with Crippen LogP contribution in [0.4, 0.5) is 0 Å². The molecule has 1 atom stereocenters. The summed E-state index contributed by atoms with van der Waals surface area (Å²) < 4.78 is 3.98. The molecule has 0 saturated carbocycles. The van der Waals surface area contributed by atoms with Crippen LogP contribution in [-0.4, -0.2) is 15.6 Å². The van der Waals surface area contributed by atoms with Gasteiger partial charge in [-0.15, -0.1) is 0 Å². The van der Waals surface area contributed by atoms with Gasteiger partial charge in [0.1, 0.15) is 0 Å². The number of aromatic hydroxyl groups is 1. The van der Waals surface area contributed by atoms with Crippen molar-refractivity contribution in [1.29, 1.82) is 0 Å². The fourth-order valence-corrected chi connectivity index (χ4v) is 5.63. The van der Waals surface area contributed by atoms with Crippen molar-refractivity contribution in [2.24, 2.45) is 10.9 Å². The molecule has 1 amide bonds. The average molecular weight is 608 g/mol.